The predicted molar refractivity (Wildman–Crippen MR) is 41.3 cm³/mol. The third-order valence-corrected chi connectivity index (χ3v) is 1.70. The molecule has 0 unspecified atom stereocenters. The summed E-state index contributed by atoms with van der Waals surface area (Å²) in [6.07, 6.45) is 0. The average Bonchev–Trinajstić information content (AvgIpc) is 2.23. The predicted octanol–water partition coefficient (Wildman–Crippen LogP) is 1.09. The first-order chi connectivity index (χ1) is 6.91. The van der Waals surface area contributed by atoms with Gasteiger partial charge in [-0.1, -0.05) is 0 Å². The van der Waals surface area contributed by atoms with E-state index >= 15 is 0 Å². The molecule has 0 aliphatic heterocycles. The maximum Gasteiger partial charge on any atom is 0.204 e. The molecule has 3 N–H and O–H groups in total. The number of phenols is 1. The number of rotatable bonds is 2. The SMILES string of the molecule is NCC(=O)c1c(F)c(F)c(O)c(F)c1F. The molecule has 0 radical (unpaired) electrons. The first-order valence-electron chi connectivity index (χ1n) is 3.70. The summed E-state index contributed by atoms with van der Waals surface area (Å²) in [5.41, 5.74) is 3.36. The Morgan fingerprint density at radius 1 is 1.07 bits per heavy atom. The van der Waals surface area contributed by atoms with Crippen LogP contribution >= 0.6 is 0 Å². The standard InChI is InChI=1S/C8H5F4NO2/c9-4-3(2(14)1-13)5(10)7(12)8(15)6(4)11/h15H,1,13H2. The van der Waals surface area contributed by atoms with Crippen LogP contribution in [0.25, 0.3) is 0 Å². The molecule has 1 rings (SSSR count). The van der Waals surface area contributed by atoms with Crippen LogP contribution in [0.3, 0.4) is 0 Å². The summed E-state index contributed by atoms with van der Waals surface area (Å²) in [6, 6.07) is 0. The van der Waals surface area contributed by atoms with Gasteiger partial charge < -0.3 is 10.8 Å². The van der Waals surface area contributed by atoms with Gasteiger partial charge in [0.15, 0.2) is 23.2 Å². The van der Waals surface area contributed by atoms with Crippen LogP contribution in [-0.2, 0) is 0 Å². The molecule has 0 saturated carbocycles. The molecule has 0 fully saturated rings. The maximum atomic E-state index is 12.9. The average molecular weight is 223 g/mol. The smallest absolute Gasteiger partial charge is 0.204 e. The highest BCUT2D eigenvalue weighted by atomic mass is 19.2. The molecule has 0 bridgehead atoms. The third kappa shape index (κ3) is 1.65. The van der Waals surface area contributed by atoms with Gasteiger partial charge in [0, 0.05) is 0 Å². The van der Waals surface area contributed by atoms with Crippen molar-refractivity contribution >= 4 is 5.78 Å². The topological polar surface area (TPSA) is 63.3 Å². The molecular formula is C8H5F4NO2. The van der Waals surface area contributed by atoms with Crippen molar-refractivity contribution < 1.29 is 27.5 Å². The lowest BCUT2D eigenvalue weighted by Crippen LogP contribution is -2.18. The van der Waals surface area contributed by atoms with Crippen LogP contribution in [0.5, 0.6) is 5.75 Å². The molecule has 0 amide bonds. The fourth-order valence-electron chi connectivity index (χ4n) is 0.967. The fraction of sp³-hybridized carbons (Fsp3) is 0.125. The number of ketones is 1. The highest BCUT2D eigenvalue weighted by Crippen LogP contribution is 2.28. The Balaban J connectivity index is 3.60. The number of phenolic OH excluding ortho intramolecular Hbond substituents is 1. The summed E-state index contributed by atoms with van der Waals surface area (Å²) < 4.78 is 51.3. The number of nitrogens with two attached hydrogens (primary N) is 1. The van der Waals surface area contributed by atoms with Gasteiger partial charge in [0.1, 0.15) is 0 Å². The summed E-state index contributed by atoms with van der Waals surface area (Å²) in [5.74, 6) is -11.1. The highest BCUT2D eigenvalue weighted by Gasteiger charge is 2.28. The molecule has 0 saturated heterocycles. The lowest BCUT2D eigenvalue weighted by Gasteiger charge is -2.06. The zero-order valence-electron chi connectivity index (χ0n) is 7.15. The van der Waals surface area contributed by atoms with Crippen LogP contribution in [0.15, 0.2) is 0 Å². The van der Waals surface area contributed by atoms with Gasteiger partial charge in [-0.15, -0.1) is 0 Å². The first kappa shape index (κ1) is 11.4. The van der Waals surface area contributed by atoms with Crippen molar-refractivity contribution in [3.8, 4) is 5.75 Å². The minimum absolute atomic E-state index is 0.808. The van der Waals surface area contributed by atoms with E-state index in [0.29, 0.717) is 0 Å². The van der Waals surface area contributed by atoms with Crippen molar-refractivity contribution in [1.29, 1.82) is 0 Å². The van der Waals surface area contributed by atoms with E-state index in [1.807, 2.05) is 0 Å². The number of benzene rings is 1. The third-order valence-electron chi connectivity index (χ3n) is 1.70. The number of aromatic hydroxyl groups is 1. The van der Waals surface area contributed by atoms with Crippen LogP contribution in [0.2, 0.25) is 0 Å². The Hall–Kier alpha value is -1.63. The van der Waals surface area contributed by atoms with E-state index in [0.717, 1.165) is 0 Å². The van der Waals surface area contributed by atoms with Crippen LogP contribution < -0.4 is 5.73 Å². The first-order valence-corrected chi connectivity index (χ1v) is 3.70. The number of carbonyl (C=O) groups is 1. The molecule has 15 heavy (non-hydrogen) atoms. The Morgan fingerprint density at radius 2 is 1.47 bits per heavy atom. The number of halogens is 4. The Morgan fingerprint density at radius 3 is 1.80 bits per heavy atom. The molecule has 7 heteroatoms. The van der Waals surface area contributed by atoms with E-state index in [1.54, 1.807) is 0 Å². The molecule has 0 spiro atoms. The van der Waals surface area contributed by atoms with E-state index in [-0.39, 0.29) is 0 Å². The van der Waals surface area contributed by atoms with Crippen molar-refractivity contribution in [2.24, 2.45) is 5.73 Å². The van der Waals surface area contributed by atoms with E-state index in [9.17, 15) is 22.4 Å². The van der Waals surface area contributed by atoms with Crippen molar-refractivity contribution in [1.82, 2.24) is 0 Å². The van der Waals surface area contributed by atoms with Gasteiger partial charge >= 0.3 is 0 Å². The van der Waals surface area contributed by atoms with Gasteiger partial charge in [0.25, 0.3) is 0 Å². The quantitative estimate of drug-likeness (QED) is 0.448. The van der Waals surface area contributed by atoms with E-state index < -0.39 is 46.9 Å². The Labute approximate surface area is 81.1 Å². The van der Waals surface area contributed by atoms with Crippen LogP contribution in [0.1, 0.15) is 10.4 Å². The maximum absolute atomic E-state index is 12.9. The van der Waals surface area contributed by atoms with Gasteiger partial charge in [-0.2, -0.15) is 8.78 Å². The van der Waals surface area contributed by atoms with Crippen LogP contribution in [0, 0.1) is 23.3 Å². The van der Waals surface area contributed by atoms with E-state index in [1.165, 1.54) is 0 Å². The summed E-state index contributed by atoms with van der Waals surface area (Å²) in [7, 11) is 0. The second kappa shape index (κ2) is 3.85. The van der Waals surface area contributed by atoms with Gasteiger partial charge in [0.05, 0.1) is 12.1 Å². The molecule has 0 aromatic heterocycles. The molecule has 1 aromatic rings. The molecule has 0 atom stereocenters. The second-order valence-corrected chi connectivity index (χ2v) is 2.61. The van der Waals surface area contributed by atoms with Crippen LogP contribution in [-0.4, -0.2) is 17.4 Å². The van der Waals surface area contributed by atoms with Gasteiger partial charge in [-0.3, -0.25) is 4.79 Å². The fourth-order valence-corrected chi connectivity index (χ4v) is 0.967. The minimum atomic E-state index is -2.02. The van der Waals surface area contributed by atoms with E-state index in [4.69, 9.17) is 10.8 Å². The molecule has 0 aliphatic rings. The summed E-state index contributed by atoms with van der Waals surface area (Å²) >= 11 is 0. The Kier molecular flexibility index (Phi) is 2.94. The van der Waals surface area contributed by atoms with Crippen molar-refractivity contribution in [2.45, 2.75) is 0 Å². The number of hydrogen-bond acceptors (Lipinski definition) is 3. The van der Waals surface area contributed by atoms with Gasteiger partial charge in [-0.05, 0) is 0 Å². The zero-order chi connectivity index (χ0) is 11.7. The summed E-state index contributed by atoms with van der Waals surface area (Å²) in [5, 5.41) is 8.57. The normalized spacial score (nSPS) is 10.5. The lowest BCUT2D eigenvalue weighted by molar-refractivity contribution is 0.0990. The molecule has 82 valence electrons. The minimum Gasteiger partial charge on any atom is -0.503 e. The monoisotopic (exact) mass is 223 g/mol. The zero-order valence-corrected chi connectivity index (χ0v) is 7.15. The van der Waals surface area contributed by atoms with Crippen molar-refractivity contribution in [3.05, 3.63) is 28.8 Å². The summed E-state index contributed by atoms with van der Waals surface area (Å²) in [4.78, 5) is 10.9. The molecule has 0 heterocycles. The largest absolute Gasteiger partial charge is 0.503 e. The van der Waals surface area contributed by atoms with Crippen molar-refractivity contribution in [3.63, 3.8) is 0 Å². The summed E-state index contributed by atoms with van der Waals surface area (Å²) in [6.45, 7) is -0.808. The molecule has 1 aromatic carbocycles. The number of carbonyl (C=O) groups excluding carboxylic acids is 1. The Bertz CT molecular complexity index is 404. The number of hydrogen-bond donors (Lipinski definition) is 2. The lowest BCUT2D eigenvalue weighted by atomic mass is 10.1. The molecular weight excluding hydrogens is 218 g/mol. The highest BCUT2D eigenvalue weighted by molar-refractivity contribution is 5.98. The molecule has 3 nitrogen and oxygen atoms in total. The van der Waals surface area contributed by atoms with Gasteiger partial charge in [0.2, 0.25) is 11.6 Å². The second-order valence-electron chi connectivity index (χ2n) is 2.61. The van der Waals surface area contributed by atoms with E-state index in [2.05, 4.69) is 0 Å². The van der Waals surface area contributed by atoms with Crippen LogP contribution in [0.4, 0.5) is 17.6 Å². The number of Topliss-reactive ketones (excluding diaryl/α,β-unsaturated/α-hetero) is 1. The van der Waals surface area contributed by atoms with Gasteiger partial charge in [-0.25, -0.2) is 8.78 Å². The van der Waals surface area contributed by atoms with Crippen molar-refractivity contribution in [2.75, 3.05) is 6.54 Å². The molecule has 0 aliphatic carbocycles.